The summed E-state index contributed by atoms with van der Waals surface area (Å²) in [6.07, 6.45) is -6.91. The standard InChI is InChI=1S/C30H31F3N2O8S2/c1-19-8-11-23(12-9-19)44(38,39)34-27(36)17-22-18-35(45(40,41)24-7-5-6-21(16-24)30(31,32)33)25-14-20(10-13-26(25)42-22)15-28(37)43-29(2,3)4/h5-14,16,22H,15,17-18H2,1-4H3,(H,34,36)/t22-/m0/s1. The molecule has 1 heterocycles. The van der Waals surface area contributed by atoms with Gasteiger partial charge in [-0.1, -0.05) is 29.8 Å². The zero-order chi connectivity index (χ0) is 33.4. The van der Waals surface area contributed by atoms with E-state index < -0.39 is 73.2 Å². The van der Waals surface area contributed by atoms with Crippen LogP contribution in [0.4, 0.5) is 18.9 Å². The molecule has 15 heteroatoms. The molecule has 1 aliphatic rings. The van der Waals surface area contributed by atoms with E-state index in [1.165, 1.54) is 30.3 Å². The molecule has 1 N–H and O–H groups in total. The minimum Gasteiger partial charge on any atom is -0.486 e. The molecule has 0 spiro atoms. The predicted octanol–water partition coefficient (Wildman–Crippen LogP) is 4.75. The van der Waals surface area contributed by atoms with Crippen molar-refractivity contribution in [2.24, 2.45) is 0 Å². The summed E-state index contributed by atoms with van der Waals surface area (Å²) in [5, 5.41) is 0. The van der Waals surface area contributed by atoms with Crippen LogP contribution in [-0.2, 0) is 47.0 Å². The Morgan fingerprint density at radius 2 is 1.62 bits per heavy atom. The van der Waals surface area contributed by atoms with Crippen LogP contribution in [0.1, 0.15) is 43.9 Å². The first-order valence-electron chi connectivity index (χ1n) is 13.6. The summed E-state index contributed by atoms with van der Waals surface area (Å²) < 4.78 is 107. The predicted molar refractivity (Wildman–Crippen MR) is 158 cm³/mol. The number of hydrogen-bond acceptors (Lipinski definition) is 8. The second kappa shape index (κ2) is 12.4. The number of carbonyl (C=O) groups is 2. The number of halogens is 3. The van der Waals surface area contributed by atoms with Crippen molar-refractivity contribution in [2.45, 2.75) is 68.2 Å². The lowest BCUT2D eigenvalue weighted by atomic mass is 10.1. The maximum absolute atomic E-state index is 13.8. The van der Waals surface area contributed by atoms with Gasteiger partial charge >= 0.3 is 12.1 Å². The van der Waals surface area contributed by atoms with Gasteiger partial charge in [0.15, 0.2) is 0 Å². The van der Waals surface area contributed by atoms with Gasteiger partial charge in [-0.15, -0.1) is 0 Å². The Balaban J connectivity index is 1.67. The van der Waals surface area contributed by atoms with Crippen LogP contribution in [0, 0.1) is 6.92 Å². The molecule has 0 bridgehead atoms. The van der Waals surface area contributed by atoms with Crippen molar-refractivity contribution in [3.63, 3.8) is 0 Å². The number of sulfonamides is 2. The van der Waals surface area contributed by atoms with E-state index in [0.29, 0.717) is 11.6 Å². The fourth-order valence-corrected chi connectivity index (χ4v) is 7.02. The molecule has 1 aliphatic heterocycles. The third kappa shape index (κ3) is 8.34. The Bertz CT molecular complexity index is 1820. The van der Waals surface area contributed by atoms with E-state index in [4.69, 9.17) is 9.47 Å². The highest BCUT2D eigenvalue weighted by Gasteiger charge is 2.38. The zero-order valence-electron chi connectivity index (χ0n) is 24.7. The molecule has 0 saturated carbocycles. The van der Waals surface area contributed by atoms with Crippen molar-refractivity contribution < 1.29 is 49.1 Å². The average Bonchev–Trinajstić information content (AvgIpc) is 2.91. The van der Waals surface area contributed by atoms with Crippen LogP contribution in [0.3, 0.4) is 0 Å². The number of hydrogen-bond donors (Lipinski definition) is 1. The first kappa shape index (κ1) is 33.8. The quantitative estimate of drug-likeness (QED) is 0.340. The van der Waals surface area contributed by atoms with Crippen LogP contribution < -0.4 is 13.8 Å². The first-order chi connectivity index (χ1) is 20.7. The molecule has 0 radical (unpaired) electrons. The average molecular weight is 669 g/mol. The number of carbonyl (C=O) groups excluding carboxylic acids is 2. The van der Waals surface area contributed by atoms with Crippen LogP contribution in [-0.4, -0.2) is 47.0 Å². The number of fused-ring (bicyclic) bond motifs is 1. The fourth-order valence-electron chi connectivity index (χ4n) is 4.48. The van der Waals surface area contributed by atoms with Gasteiger partial charge in [-0.2, -0.15) is 13.2 Å². The highest BCUT2D eigenvalue weighted by atomic mass is 32.2. The molecule has 45 heavy (non-hydrogen) atoms. The smallest absolute Gasteiger partial charge is 0.416 e. The summed E-state index contributed by atoms with van der Waals surface area (Å²) in [5.41, 5.74) is -0.930. The molecular formula is C30H31F3N2O8S2. The normalized spacial score (nSPS) is 15.5. The number of anilines is 1. The maximum Gasteiger partial charge on any atom is 0.416 e. The number of nitrogens with zero attached hydrogens (tertiary/aromatic N) is 1. The Morgan fingerprint density at radius 3 is 2.24 bits per heavy atom. The van der Waals surface area contributed by atoms with Crippen molar-refractivity contribution in [1.29, 1.82) is 0 Å². The van der Waals surface area contributed by atoms with E-state index in [-0.39, 0.29) is 22.8 Å². The Morgan fingerprint density at radius 1 is 0.956 bits per heavy atom. The molecule has 10 nitrogen and oxygen atoms in total. The number of amides is 1. The van der Waals surface area contributed by atoms with Gasteiger partial charge in [-0.25, -0.2) is 21.6 Å². The summed E-state index contributed by atoms with van der Waals surface area (Å²) in [6.45, 7) is 6.23. The second-order valence-electron chi connectivity index (χ2n) is 11.4. The minimum absolute atomic E-state index is 0.0519. The molecule has 1 atom stereocenters. The zero-order valence-corrected chi connectivity index (χ0v) is 26.3. The monoisotopic (exact) mass is 668 g/mol. The number of benzene rings is 3. The SMILES string of the molecule is Cc1ccc(S(=O)(=O)NC(=O)C[C@H]2CN(S(=O)(=O)c3cccc(C(F)(F)F)c3)c3cc(CC(=O)OC(C)(C)C)ccc3O2)cc1. The highest BCUT2D eigenvalue weighted by molar-refractivity contribution is 7.92. The lowest BCUT2D eigenvalue weighted by Gasteiger charge is -2.35. The molecule has 1 amide bonds. The Kier molecular flexibility index (Phi) is 9.27. The van der Waals surface area contributed by atoms with Gasteiger partial charge in [0.1, 0.15) is 17.5 Å². The van der Waals surface area contributed by atoms with Gasteiger partial charge in [0.25, 0.3) is 20.0 Å². The van der Waals surface area contributed by atoms with Crippen LogP contribution in [0.2, 0.25) is 0 Å². The first-order valence-corrected chi connectivity index (χ1v) is 16.5. The van der Waals surface area contributed by atoms with E-state index in [1.807, 2.05) is 4.72 Å². The van der Waals surface area contributed by atoms with Crippen LogP contribution in [0.25, 0.3) is 0 Å². The van der Waals surface area contributed by atoms with Crippen molar-refractivity contribution in [3.05, 3.63) is 83.4 Å². The molecule has 0 unspecified atom stereocenters. The summed E-state index contributed by atoms with van der Waals surface area (Å²) in [5.74, 6) is -1.65. The molecule has 3 aromatic rings. The van der Waals surface area contributed by atoms with Gasteiger partial charge in [0.05, 0.1) is 40.4 Å². The van der Waals surface area contributed by atoms with Gasteiger partial charge in [-0.3, -0.25) is 13.9 Å². The van der Waals surface area contributed by atoms with Crippen LogP contribution in [0.5, 0.6) is 5.75 Å². The van der Waals surface area contributed by atoms with Gasteiger partial charge < -0.3 is 9.47 Å². The summed E-state index contributed by atoms with van der Waals surface area (Å²) in [4.78, 5) is 24.4. The van der Waals surface area contributed by atoms with Crippen LogP contribution >= 0.6 is 0 Å². The number of aryl methyl sites for hydroxylation is 1. The molecule has 4 rings (SSSR count). The van der Waals surface area contributed by atoms with Crippen molar-refractivity contribution in [2.75, 3.05) is 10.8 Å². The molecule has 0 fully saturated rings. The van der Waals surface area contributed by atoms with Crippen LogP contribution in [0.15, 0.2) is 76.5 Å². The van der Waals surface area contributed by atoms with E-state index in [0.717, 1.165) is 28.1 Å². The molecule has 0 aliphatic carbocycles. The topological polar surface area (TPSA) is 136 Å². The molecule has 3 aromatic carbocycles. The minimum atomic E-state index is -4.82. The van der Waals surface area contributed by atoms with Crippen molar-refractivity contribution in [1.82, 2.24) is 4.72 Å². The van der Waals surface area contributed by atoms with Gasteiger partial charge in [0.2, 0.25) is 5.91 Å². The van der Waals surface area contributed by atoms with E-state index in [2.05, 4.69) is 0 Å². The lowest BCUT2D eigenvalue weighted by Crippen LogP contribution is -2.46. The molecule has 0 saturated heterocycles. The molecular weight excluding hydrogens is 637 g/mol. The largest absolute Gasteiger partial charge is 0.486 e. The fraction of sp³-hybridized carbons (Fsp3) is 0.333. The third-order valence-electron chi connectivity index (χ3n) is 6.47. The number of nitrogens with one attached hydrogen (secondary N) is 1. The third-order valence-corrected chi connectivity index (χ3v) is 9.63. The van der Waals surface area contributed by atoms with E-state index >= 15 is 0 Å². The number of esters is 1. The number of ether oxygens (including phenoxy) is 2. The van der Waals surface area contributed by atoms with E-state index in [1.54, 1.807) is 39.8 Å². The van der Waals surface area contributed by atoms with Gasteiger partial charge in [0, 0.05) is 0 Å². The highest BCUT2D eigenvalue weighted by Crippen LogP contribution is 2.39. The number of rotatable bonds is 8. The molecule has 242 valence electrons. The Hall–Kier alpha value is -4.11. The summed E-state index contributed by atoms with van der Waals surface area (Å²) in [7, 11) is -8.95. The Labute approximate surface area is 259 Å². The summed E-state index contributed by atoms with van der Waals surface area (Å²) in [6, 6.07) is 13.1. The maximum atomic E-state index is 13.8. The van der Waals surface area contributed by atoms with Crippen molar-refractivity contribution >= 4 is 37.6 Å². The van der Waals surface area contributed by atoms with Crippen molar-refractivity contribution in [3.8, 4) is 5.75 Å². The lowest BCUT2D eigenvalue weighted by molar-refractivity contribution is -0.154. The second-order valence-corrected chi connectivity index (χ2v) is 15.0. The van der Waals surface area contributed by atoms with E-state index in [9.17, 15) is 39.6 Å². The van der Waals surface area contributed by atoms with Gasteiger partial charge in [-0.05, 0) is 75.7 Å². The number of alkyl halides is 3. The summed E-state index contributed by atoms with van der Waals surface area (Å²) >= 11 is 0. The molecule has 0 aromatic heterocycles.